The van der Waals surface area contributed by atoms with Gasteiger partial charge in [0, 0.05) is 23.6 Å². The molecule has 0 aliphatic carbocycles. The summed E-state index contributed by atoms with van der Waals surface area (Å²) >= 11 is 1.71. The van der Waals surface area contributed by atoms with Gasteiger partial charge in [-0.3, -0.25) is 4.79 Å². The zero-order valence-corrected chi connectivity index (χ0v) is 12.5. The fourth-order valence-corrected chi connectivity index (χ4v) is 3.37. The van der Waals surface area contributed by atoms with E-state index in [0.717, 1.165) is 0 Å². The number of thioether (sulfide) groups is 1. The summed E-state index contributed by atoms with van der Waals surface area (Å²) in [5, 5.41) is 9.07. The van der Waals surface area contributed by atoms with Crippen molar-refractivity contribution < 1.29 is 23.5 Å². The molecule has 0 radical (unpaired) electrons. The van der Waals surface area contributed by atoms with Crippen molar-refractivity contribution in [2.45, 2.75) is 18.6 Å². The minimum atomic E-state index is -1.46. The van der Waals surface area contributed by atoms with E-state index in [-0.39, 0.29) is 10.3 Å². The Bertz CT molecular complexity index is 604. The number of hydrogen-bond acceptors (Lipinski definition) is 3. The Labute approximate surface area is 125 Å². The van der Waals surface area contributed by atoms with Gasteiger partial charge in [-0.05, 0) is 26.0 Å². The first-order valence-electron chi connectivity index (χ1n) is 6.37. The summed E-state index contributed by atoms with van der Waals surface area (Å²) in [6.45, 7) is 4.82. The van der Waals surface area contributed by atoms with Gasteiger partial charge in [-0.2, -0.15) is 11.8 Å². The Morgan fingerprint density at radius 1 is 1.24 bits per heavy atom. The van der Waals surface area contributed by atoms with Crippen LogP contribution in [-0.4, -0.2) is 45.5 Å². The normalized spacial score (nSPS) is 17.6. The highest BCUT2D eigenvalue weighted by atomic mass is 32.2. The minimum absolute atomic E-state index is 0.157. The number of hydrogen-bond donors (Lipinski definition) is 1. The first-order chi connectivity index (χ1) is 9.71. The van der Waals surface area contributed by atoms with E-state index in [0.29, 0.717) is 31.0 Å². The molecule has 1 heterocycles. The number of benzene rings is 1. The summed E-state index contributed by atoms with van der Waals surface area (Å²) in [5.74, 6) is -3.83. The van der Waals surface area contributed by atoms with E-state index < -0.39 is 29.1 Å². The van der Waals surface area contributed by atoms with Crippen molar-refractivity contribution in [2.24, 2.45) is 0 Å². The van der Waals surface area contributed by atoms with Gasteiger partial charge in [-0.15, -0.1) is 0 Å². The molecule has 1 amide bonds. The number of halogens is 2. The van der Waals surface area contributed by atoms with Crippen molar-refractivity contribution in [2.75, 3.05) is 18.8 Å². The molecular formula is C14H15F2NO3S. The van der Waals surface area contributed by atoms with Crippen molar-refractivity contribution in [1.82, 2.24) is 4.90 Å². The number of amides is 1. The highest BCUT2D eigenvalue weighted by molar-refractivity contribution is 8.00. The average molecular weight is 315 g/mol. The molecule has 0 bridgehead atoms. The predicted molar refractivity (Wildman–Crippen MR) is 75.8 cm³/mol. The molecule has 0 spiro atoms. The predicted octanol–water partition coefficient (Wildman–Crippen LogP) is 2.63. The van der Waals surface area contributed by atoms with Crippen LogP contribution in [0.4, 0.5) is 8.78 Å². The molecular weight excluding hydrogens is 300 g/mol. The molecule has 1 fully saturated rings. The lowest BCUT2D eigenvalue weighted by Crippen LogP contribution is -2.46. The number of aromatic carboxylic acids is 1. The van der Waals surface area contributed by atoms with Crippen molar-refractivity contribution >= 4 is 23.6 Å². The molecule has 1 N–H and O–H groups in total. The van der Waals surface area contributed by atoms with Crippen LogP contribution in [0.25, 0.3) is 0 Å². The molecule has 0 atom stereocenters. The van der Waals surface area contributed by atoms with Gasteiger partial charge in [0.05, 0.1) is 11.1 Å². The molecule has 0 aromatic heterocycles. The van der Waals surface area contributed by atoms with Crippen LogP contribution >= 0.6 is 11.8 Å². The number of carbonyl (C=O) groups is 2. The Kier molecular flexibility index (Phi) is 4.22. The largest absolute Gasteiger partial charge is 0.478 e. The molecule has 1 aliphatic heterocycles. The van der Waals surface area contributed by atoms with Gasteiger partial charge < -0.3 is 10.0 Å². The highest BCUT2D eigenvalue weighted by Crippen LogP contribution is 2.30. The molecule has 1 saturated heterocycles. The van der Waals surface area contributed by atoms with Gasteiger partial charge in [0.2, 0.25) is 0 Å². The van der Waals surface area contributed by atoms with Crippen molar-refractivity contribution in [3.8, 4) is 0 Å². The Hall–Kier alpha value is -1.63. The average Bonchev–Trinajstić information content (AvgIpc) is 2.39. The van der Waals surface area contributed by atoms with E-state index >= 15 is 0 Å². The van der Waals surface area contributed by atoms with E-state index in [2.05, 4.69) is 0 Å². The highest BCUT2D eigenvalue weighted by Gasteiger charge is 2.32. The molecule has 114 valence electrons. The number of nitrogens with zero attached hydrogens (tertiary/aromatic N) is 1. The van der Waals surface area contributed by atoms with Gasteiger partial charge in [0.15, 0.2) is 11.6 Å². The van der Waals surface area contributed by atoms with Crippen LogP contribution in [0.1, 0.15) is 34.6 Å². The fraction of sp³-hybridized carbons (Fsp3) is 0.429. The maximum Gasteiger partial charge on any atom is 0.336 e. The van der Waals surface area contributed by atoms with Gasteiger partial charge in [-0.1, -0.05) is 0 Å². The summed E-state index contributed by atoms with van der Waals surface area (Å²) in [4.78, 5) is 25.1. The minimum Gasteiger partial charge on any atom is -0.478 e. The Morgan fingerprint density at radius 3 is 2.33 bits per heavy atom. The second-order valence-electron chi connectivity index (χ2n) is 5.45. The lowest BCUT2D eigenvalue weighted by Gasteiger charge is -2.37. The van der Waals surface area contributed by atoms with Crippen molar-refractivity contribution in [3.05, 3.63) is 34.9 Å². The number of rotatable bonds is 2. The van der Waals surface area contributed by atoms with Crippen LogP contribution in [0.2, 0.25) is 0 Å². The number of carbonyl (C=O) groups excluding carboxylic acids is 1. The van der Waals surface area contributed by atoms with Gasteiger partial charge in [0.25, 0.3) is 5.91 Å². The van der Waals surface area contributed by atoms with E-state index in [1.165, 1.54) is 4.90 Å². The fourth-order valence-electron chi connectivity index (χ4n) is 2.26. The monoisotopic (exact) mass is 315 g/mol. The SMILES string of the molecule is CC1(C)CN(C(=O)c2cc(F)c(F)cc2C(=O)O)CCS1. The number of carboxylic acids is 1. The van der Waals surface area contributed by atoms with Gasteiger partial charge in [-0.25, -0.2) is 13.6 Å². The topological polar surface area (TPSA) is 57.6 Å². The molecule has 1 aromatic carbocycles. The Morgan fingerprint density at radius 2 is 1.81 bits per heavy atom. The van der Waals surface area contributed by atoms with Crippen molar-refractivity contribution in [1.29, 1.82) is 0 Å². The van der Waals surface area contributed by atoms with Crippen LogP contribution in [0.15, 0.2) is 12.1 Å². The van der Waals surface area contributed by atoms with Crippen LogP contribution in [0.5, 0.6) is 0 Å². The lowest BCUT2D eigenvalue weighted by atomic mass is 10.0. The molecule has 0 saturated carbocycles. The third-order valence-corrected chi connectivity index (χ3v) is 4.53. The van der Waals surface area contributed by atoms with Gasteiger partial charge >= 0.3 is 5.97 Å². The van der Waals surface area contributed by atoms with Crippen LogP contribution < -0.4 is 0 Å². The third kappa shape index (κ3) is 3.34. The van der Waals surface area contributed by atoms with E-state index in [9.17, 15) is 18.4 Å². The molecule has 1 aliphatic rings. The first kappa shape index (κ1) is 15.8. The second kappa shape index (κ2) is 5.63. The summed E-state index contributed by atoms with van der Waals surface area (Å²) in [6.07, 6.45) is 0. The van der Waals surface area contributed by atoms with Crippen LogP contribution in [0, 0.1) is 11.6 Å². The third-order valence-electron chi connectivity index (χ3n) is 3.23. The maximum absolute atomic E-state index is 13.4. The summed E-state index contributed by atoms with van der Waals surface area (Å²) in [5.41, 5.74) is -0.834. The van der Waals surface area contributed by atoms with E-state index in [1.807, 2.05) is 13.8 Å². The number of carboxylic acid groups (broad SMARTS) is 1. The molecule has 1 aromatic rings. The molecule has 0 unspecified atom stereocenters. The summed E-state index contributed by atoms with van der Waals surface area (Å²) < 4.78 is 26.4. The molecule has 2 rings (SSSR count). The zero-order valence-electron chi connectivity index (χ0n) is 11.7. The standard InChI is InChI=1S/C14H15F2NO3S/c1-14(2)7-17(3-4-21-14)12(18)8-5-10(15)11(16)6-9(8)13(19)20/h5-6H,3-4,7H2,1-2H3,(H,19,20). The first-order valence-corrected chi connectivity index (χ1v) is 7.35. The van der Waals surface area contributed by atoms with Crippen molar-refractivity contribution in [3.63, 3.8) is 0 Å². The Balaban J connectivity index is 2.39. The maximum atomic E-state index is 13.4. The smallest absolute Gasteiger partial charge is 0.336 e. The molecule has 21 heavy (non-hydrogen) atoms. The molecule has 7 heteroatoms. The molecule has 4 nitrogen and oxygen atoms in total. The summed E-state index contributed by atoms with van der Waals surface area (Å²) in [7, 11) is 0. The van der Waals surface area contributed by atoms with Crippen LogP contribution in [-0.2, 0) is 0 Å². The van der Waals surface area contributed by atoms with Gasteiger partial charge in [0.1, 0.15) is 0 Å². The lowest BCUT2D eigenvalue weighted by molar-refractivity contribution is 0.0672. The quantitative estimate of drug-likeness (QED) is 0.911. The van der Waals surface area contributed by atoms with E-state index in [4.69, 9.17) is 5.11 Å². The van der Waals surface area contributed by atoms with Crippen LogP contribution in [0.3, 0.4) is 0 Å². The second-order valence-corrected chi connectivity index (χ2v) is 7.25. The summed E-state index contributed by atoms with van der Waals surface area (Å²) in [6, 6.07) is 1.21. The van der Waals surface area contributed by atoms with E-state index in [1.54, 1.807) is 11.8 Å². The zero-order chi connectivity index (χ0) is 15.8.